The lowest BCUT2D eigenvalue weighted by molar-refractivity contribution is -0.144. The Morgan fingerprint density at radius 1 is 1.35 bits per heavy atom. The van der Waals surface area contributed by atoms with Crippen LogP contribution < -0.4 is 10.6 Å². The van der Waals surface area contributed by atoms with Gasteiger partial charge in [-0.15, -0.1) is 0 Å². The van der Waals surface area contributed by atoms with Crippen LogP contribution in [0.1, 0.15) is 36.9 Å². The molecule has 3 N–H and O–H groups in total. The van der Waals surface area contributed by atoms with Crippen LogP contribution in [0.2, 0.25) is 0 Å². The molecule has 0 unspecified atom stereocenters. The van der Waals surface area contributed by atoms with E-state index in [4.69, 9.17) is 0 Å². The van der Waals surface area contributed by atoms with Crippen LogP contribution in [0.15, 0.2) is 18.3 Å². The summed E-state index contributed by atoms with van der Waals surface area (Å²) in [7, 11) is 0. The Morgan fingerprint density at radius 3 is 2.60 bits per heavy atom. The van der Waals surface area contributed by atoms with Gasteiger partial charge in [0.1, 0.15) is 5.54 Å². The molecule has 0 spiro atoms. The molecule has 2 amide bonds. The molecular formula is C14H19N3O3. The Hall–Kier alpha value is -2.11. The van der Waals surface area contributed by atoms with Crippen LogP contribution in [-0.2, 0) is 11.3 Å². The Kier molecular flexibility index (Phi) is 4.22. The van der Waals surface area contributed by atoms with E-state index in [1.165, 1.54) is 0 Å². The molecular weight excluding hydrogens is 258 g/mol. The maximum atomic E-state index is 11.8. The van der Waals surface area contributed by atoms with Gasteiger partial charge in [-0.3, -0.25) is 4.98 Å². The topological polar surface area (TPSA) is 91.3 Å². The lowest BCUT2D eigenvalue weighted by atomic mass is 9.98. The largest absolute Gasteiger partial charge is 0.480 e. The first kappa shape index (κ1) is 14.3. The predicted octanol–water partition coefficient (Wildman–Crippen LogP) is 1.59. The van der Waals surface area contributed by atoms with E-state index in [-0.39, 0.29) is 0 Å². The molecule has 0 aliphatic heterocycles. The summed E-state index contributed by atoms with van der Waals surface area (Å²) < 4.78 is 0. The third-order valence-corrected chi connectivity index (χ3v) is 3.64. The van der Waals surface area contributed by atoms with Crippen molar-refractivity contribution in [2.45, 2.75) is 44.7 Å². The highest BCUT2D eigenvalue weighted by Gasteiger charge is 2.42. The second-order valence-electron chi connectivity index (χ2n) is 5.21. The monoisotopic (exact) mass is 277 g/mol. The second kappa shape index (κ2) is 5.90. The third kappa shape index (κ3) is 3.26. The number of aromatic nitrogens is 1. The molecule has 1 saturated carbocycles. The van der Waals surface area contributed by atoms with E-state index in [0.717, 1.165) is 24.1 Å². The van der Waals surface area contributed by atoms with Crippen molar-refractivity contribution in [2.24, 2.45) is 0 Å². The summed E-state index contributed by atoms with van der Waals surface area (Å²) in [6.45, 7) is 2.22. The minimum atomic E-state index is -1.10. The van der Waals surface area contributed by atoms with E-state index in [9.17, 15) is 14.7 Å². The van der Waals surface area contributed by atoms with E-state index in [2.05, 4.69) is 15.6 Å². The van der Waals surface area contributed by atoms with Gasteiger partial charge < -0.3 is 15.7 Å². The van der Waals surface area contributed by atoms with Crippen molar-refractivity contribution >= 4 is 12.0 Å². The molecule has 6 heteroatoms. The van der Waals surface area contributed by atoms with Gasteiger partial charge in [0.2, 0.25) is 0 Å². The molecule has 20 heavy (non-hydrogen) atoms. The number of amides is 2. The molecule has 6 nitrogen and oxygen atoms in total. The molecule has 2 rings (SSSR count). The van der Waals surface area contributed by atoms with Crippen LogP contribution in [0.3, 0.4) is 0 Å². The van der Waals surface area contributed by atoms with Crippen LogP contribution in [0.5, 0.6) is 0 Å². The summed E-state index contributed by atoms with van der Waals surface area (Å²) in [6.07, 6.45) is 4.32. The number of carbonyl (C=O) groups excluding carboxylic acids is 1. The number of aliphatic carboxylic acids is 1. The molecule has 1 aliphatic rings. The molecule has 0 saturated heterocycles. The SMILES string of the molecule is Cc1ccc(CNC(=O)NC2(C(=O)O)CCCC2)cn1. The van der Waals surface area contributed by atoms with Crippen molar-refractivity contribution in [3.8, 4) is 0 Å². The minimum Gasteiger partial charge on any atom is -0.480 e. The van der Waals surface area contributed by atoms with Crippen LogP contribution in [0.25, 0.3) is 0 Å². The molecule has 1 aromatic heterocycles. The van der Waals surface area contributed by atoms with Gasteiger partial charge in [0.25, 0.3) is 0 Å². The Labute approximate surface area is 117 Å². The van der Waals surface area contributed by atoms with Crippen molar-refractivity contribution in [2.75, 3.05) is 0 Å². The summed E-state index contributed by atoms with van der Waals surface area (Å²) in [5, 5.41) is 14.6. The first-order valence-electron chi connectivity index (χ1n) is 6.73. The number of carboxylic acids is 1. The summed E-state index contributed by atoms with van der Waals surface area (Å²) in [5.41, 5.74) is 0.686. The molecule has 1 aromatic rings. The normalized spacial score (nSPS) is 16.6. The van der Waals surface area contributed by atoms with Crippen LogP contribution in [-0.4, -0.2) is 27.6 Å². The highest BCUT2D eigenvalue weighted by molar-refractivity contribution is 5.86. The molecule has 1 fully saturated rings. The van der Waals surface area contributed by atoms with Gasteiger partial charge in [-0.05, 0) is 31.4 Å². The Balaban J connectivity index is 1.89. The summed E-state index contributed by atoms with van der Waals surface area (Å²) in [4.78, 5) is 27.3. The van der Waals surface area contributed by atoms with E-state index in [0.29, 0.717) is 19.4 Å². The number of hydrogen-bond donors (Lipinski definition) is 3. The summed E-state index contributed by atoms with van der Waals surface area (Å²) in [5.74, 6) is -0.956. The van der Waals surface area contributed by atoms with E-state index in [1.54, 1.807) is 6.20 Å². The van der Waals surface area contributed by atoms with Gasteiger partial charge in [0, 0.05) is 18.4 Å². The zero-order valence-corrected chi connectivity index (χ0v) is 11.5. The van der Waals surface area contributed by atoms with Crippen molar-refractivity contribution in [3.63, 3.8) is 0 Å². The summed E-state index contributed by atoms with van der Waals surface area (Å²) >= 11 is 0. The van der Waals surface area contributed by atoms with Crippen molar-refractivity contribution in [1.82, 2.24) is 15.6 Å². The Morgan fingerprint density at radius 2 is 2.05 bits per heavy atom. The number of hydrogen-bond acceptors (Lipinski definition) is 3. The minimum absolute atomic E-state index is 0.328. The maximum absolute atomic E-state index is 11.8. The first-order valence-corrected chi connectivity index (χ1v) is 6.73. The average molecular weight is 277 g/mol. The fourth-order valence-corrected chi connectivity index (χ4v) is 2.42. The van der Waals surface area contributed by atoms with Gasteiger partial charge in [0.15, 0.2) is 0 Å². The second-order valence-corrected chi connectivity index (χ2v) is 5.21. The number of carbonyl (C=O) groups is 2. The van der Waals surface area contributed by atoms with Crippen LogP contribution in [0.4, 0.5) is 4.79 Å². The highest BCUT2D eigenvalue weighted by Crippen LogP contribution is 2.29. The van der Waals surface area contributed by atoms with Gasteiger partial charge in [-0.2, -0.15) is 0 Å². The highest BCUT2D eigenvalue weighted by atomic mass is 16.4. The first-order chi connectivity index (χ1) is 9.52. The summed E-state index contributed by atoms with van der Waals surface area (Å²) in [6, 6.07) is 3.30. The van der Waals surface area contributed by atoms with Gasteiger partial charge in [-0.1, -0.05) is 18.9 Å². The van der Waals surface area contributed by atoms with Crippen molar-refractivity contribution in [1.29, 1.82) is 0 Å². The van der Waals surface area contributed by atoms with Crippen molar-refractivity contribution < 1.29 is 14.7 Å². The third-order valence-electron chi connectivity index (χ3n) is 3.64. The number of pyridine rings is 1. The standard InChI is InChI=1S/C14H19N3O3/c1-10-4-5-11(8-15-10)9-16-13(20)17-14(12(18)19)6-2-3-7-14/h4-5,8H,2-3,6-7,9H2,1H3,(H,18,19)(H2,16,17,20). The Bertz CT molecular complexity index is 493. The molecule has 0 aromatic carbocycles. The molecule has 1 aliphatic carbocycles. The number of aryl methyl sites for hydroxylation is 1. The van der Waals surface area contributed by atoms with Crippen LogP contribution >= 0.6 is 0 Å². The fourth-order valence-electron chi connectivity index (χ4n) is 2.42. The quantitative estimate of drug-likeness (QED) is 0.779. The fraction of sp³-hybridized carbons (Fsp3) is 0.500. The molecule has 0 bridgehead atoms. The number of rotatable bonds is 4. The number of nitrogens with zero attached hydrogens (tertiary/aromatic N) is 1. The number of carboxylic acid groups (broad SMARTS) is 1. The molecule has 0 atom stereocenters. The zero-order chi connectivity index (χ0) is 14.6. The van der Waals surface area contributed by atoms with E-state index >= 15 is 0 Å². The number of nitrogens with one attached hydrogen (secondary N) is 2. The smallest absolute Gasteiger partial charge is 0.329 e. The van der Waals surface area contributed by atoms with Crippen LogP contribution in [0, 0.1) is 6.92 Å². The lowest BCUT2D eigenvalue weighted by Crippen LogP contribution is -2.55. The molecule has 108 valence electrons. The lowest BCUT2D eigenvalue weighted by Gasteiger charge is -2.25. The van der Waals surface area contributed by atoms with E-state index in [1.807, 2.05) is 19.1 Å². The van der Waals surface area contributed by atoms with Gasteiger partial charge in [0.05, 0.1) is 0 Å². The van der Waals surface area contributed by atoms with Gasteiger partial charge in [-0.25, -0.2) is 9.59 Å². The van der Waals surface area contributed by atoms with Crippen molar-refractivity contribution in [3.05, 3.63) is 29.6 Å². The zero-order valence-electron chi connectivity index (χ0n) is 11.5. The predicted molar refractivity (Wildman–Crippen MR) is 73.2 cm³/mol. The molecule has 0 radical (unpaired) electrons. The average Bonchev–Trinajstić information content (AvgIpc) is 2.88. The van der Waals surface area contributed by atoms with Gasteiger partial charge >= 0.3 is 12.0 Å². The molecule has 1 heterocycles. The number of urea groups is 1. The maximum Gasteiger partial charge on any atom is 0.329 e. The van der Waals surface area contributed by atoms with E-state index < -0.39 is 17.5 Å².